The van der Waals surface area contributed by atoms with Gasteiger partial charge in [0.25, 0.3) is 11.6 Å². The van der Waals surface area contributed by atoms with Crippen molar-refractivity contribution >= 4 is 38.3 Å². The Bertz CT molecular complexity index is 1270. The molecule has 0 unspecified atom stereocenters. The summed E-state index contributed by atoms with van der Waals surface area (Å²) in [4.78, 5) is 30.8. The summed E-state index contributed by atoms with van der Waals surface area (Å²) < 4.78 is 1.01. The topological polar surface area (TPSA) is 76.3 Å². The molecule has 6 nitrogen and oxygen atoms in total. The number of benzene rings is 3. The number of rotatable bonds is 6. The van der Waals surface area contributed by atoms with Crippen LogP contribution in [-0.4, -0.2) is 15.8 Å². The first kappa shape index (κ1) is 20.7. The van der Waals surface area contributed by atoms with Crippen LogP contribution in [0.1, 0.15) is 34.0 Å². The van der Waals surface area contributed by atoms with Gasteiger partial charge in [-0.2, -0.15) is 0 Å². The SMILES string of the molecule is CCc1ccc2nc(N(Cc3ccccc3)C(=O)c3cccc([N+](=O)[O-])c3C)sc2c1. The zero-order valence-electron chi connectivity index (χ0n) is 17.2. The summed E-state index contributed by atoms with van der Waals surface area (Å²) in [7, 11) is 0. The summed E-state index contributed by atoms with van der Waals surface area (Å²) >= 11 is 1.45. The quantitative estimate of drug-likeness (QED) is 0.280. The molecule has 0 bridgehead atoms. The first-order chi connectivity index (χ1) is 15.0. The lowest BCUT2D eigenvalue weighted by atomic mass is 10.1. The fourth-order valence-electron chi connectivity index (χ4n) is 3.48. The van der Waals surface area contributed by atoms with Crippen molar-refractivity contribution in [3.05, 3.63) is 99.1 Å². The van der Waals surface area contributed by atoms with Crippen molar-refractivity contribution in [2.24, 2.45) is 0 Å². The smallest absolute Gasteiger partial charge is 0.273 e. The Morgan fingerprint density at radius 2 is 1.84 bits per heavy atom. The average molecular weight is 432 g/mol. The van der Waals surface area contributed by atoms with Gasteiger partial charge in [-0.3, -0.25) is 19.8 Å². The fourth-order valence-corrected chi connectivity index (χ4v) is 4.51. The van der Waals surface area contributed by atoms with Crippen LogP contribution in [0.5, 0.6) is 0 Å². The highest BCUT2D eigenvalue weighted by Crippen LogP contribution is 2.33. The van der Waals surface area contributed by atoms with Gasteiger partial charge in [-0.05, 0) is 42.7 Å². The normalized spacial score (nSPS) is 10.9. The second kappa shape index (κ2) is 8.65. The van der Waals surface area contributed by atoms with Crippen LogP contribution in [-0.2, 0) is 13.0 Å². The predicted molar refractivity (Wildman–Crippen MR) is 124 cm³/mol. The number of aryl methyl sites for hydroxylation is 1. The second-order valence-corrected chi connectivity index (χ2v) is 8.24. The number of amides is 1. The van der Waals surface area contributed by atoms with Gasteiger partial charge < -0.3 is 0 Å². The van der Waals surface area contributed by atoms with Gasteiger partial charge in [-0.25, -0.2) is 4.98 Å². The maximum absolute atomic E-state index is 13.6. The molecular formula is C24H21N3O3S. The zero-order valence-corrected chi connectivity index (χ0v) is 18.1. The molecule has 7 heteroatoms. The number of nitrogens with zero attached hydrogens (tertiary/aromatic N) is 3. The summed E-state index contributed by atoms with van der Waals surface area (Å²) in [5.41, 5.74) is 3.58. The van der Waals surface area contributed by atoms with Gasteiger partial charge in [-0.15, -0.1) is 0 Å². The van der Waals surface area contributed by atoms with Crippen molar-refractivity contribution < 1.29 is 9.72 Å². The third-order valence-electron chi connectivity index (χ3n) is 5.24. The predicted octanol–water partition coefficient (Wildman–Crippen LogP) is 5.92. The maximum Gasteiger partial charge on any atom is 0.273 e. The van der Waals surface area contributed by atoms with Crippen LogP contribution in [0.25, 0.3) is 10.2 Å². The van der Waals surface area contributed by atoms with Gasteiger partial charge >= 0.3 is 0 Å². The minimum absolute atomic E-state index is 0.0672. The van der Waals surface area contributed by atoms with E-state index in [4.69, 9.17) is 4.98 Å². The van der Waals surface area contributed by atoms with Gasteiger partial charge in [0.1, 0.15) is 0 Å². The Morgan fingerprint density at radius 3 is 2.55 bits per heavy atom. The number of fused-ring (bicyclic) bond motifs is 1. The van der Waals surface area contributed by atoms with Crippen molar-refractivity contribution in [3.8, 4) is 0 Å². The van der Waals surface area contributed by atoms with E-state index < -0.39 is 4.92 Å². The van der Waals surface area contributed by atoms with Crippen LogP contribution >= 0.6 is 11.3 Å². The second-order valence-electron chi connectivity index (χ2n) is 7.24. The van der Waals surface area contributed by atoms with Crippen molar-refractivity contribution in [2.45, 2.75) is 26.8 Å². The molecule has 0 aliphatic heterocycles. The monoisotopic (exact) mass is 431 g/mol. The molecule has 0 aliphatic rings. The summed E-state index contributed by atoms with van der Waals surface area (Å²) in [6.45, 7) is 4.03. The molecule has 0 fully saturated rings. The van der Waals surface area contributed by atoms with E-state index in [0.717, 1.165) is 22.2 Å². The third kappa shape index (κ3) is 4.18. The number of carbonyl (C=O) groups is 1. The molecule has 4 rings (SSSR count). The molecule has 31 heavy (non-hydrogen) atoms. The number of thiazole rings is 1. The lowest BCUT2D eigenvalue weighted by Crippen LogP contribution is -2.31. The molecule has 0 atom stereocenters. The lowest BCUT2D eigenvalue weighted by molar-refractivity contribution is -0.385. The zero-order chi connectivity index (χ0) is 22.0. The van der Waals surface area contributed by atoms with Crippen molar-refractivity contribution in [2.75, 3.05) is 4.90 Å². The van der Waals surface area contributed by atoms with Crippen molar-refractivity contribution in [1.82, 2.24) is 4.98 Å². The molecule has 3 aromatic carbocycles. The average Bonchev–Trinajstić information content (AvgIpc) is 3.20. The highest BCUT2D eigenvalue weighted by molar-refractivity contribution is 7.22. The van der Waals surface area contributed by atoms with Crippen molar-refractivity contribution in [1.29, 1.82) is 0 Å². The minimum Gasteiger partial charge on any atom is -0.279 e. The number of carbonyl (C=O) groups excluding carboxylic acids is 1. The summed E-state index contributed by atoms with van der Waals surface area (Å²) in [6, 6.07) is 20.4. The first-order valence-corrected chi connectivity index (χ1v) is 10.8. The van der Waals surface area contributed by atoms with Gasteiger partial charge in [0.15, 0.2) is 5.13 Å². The number of nitro groups is 1. The van der Waals surface area contributed by atoms with Gasteiger partial charge in [0.2, 0.25) is 0 Å². The lowest BCUT2D eigenvalue weighted by Gasteiger charge is -2.21. The van der Waals surface area contributed by atoms with E-state index in [2.05, 4.69) is 13.0 Å². The molecule has 1 heterocycles. The molecule has 0 radical (unpaired) electrons. The van der Waals surface area contributed by atoms with Crippen LogP contribution in [0.2, 0.25) is 0 Å². The van der Waals surface area contributed by atoms with E-state index in [1.807, 2.05) is 42.5 Å². The number of nitro benzene ring substituents is 1. The largest absolute Gasteiger partial charge is 0.279 e. The highest BCUT2D eigenvalue weighted by atomic mass is 32.1. The summed E-state index contributed by atoms with van der Waals surface area (Å²) in [5, 5.41) is 11.9. The number of anilines is 1. The Kier molecular flexibility index (Phi) is 5.77. The van der Waals surface area contributed by atoms with Crippen LogP contribution < -0.4 is 4.90 Å². The molecular weight excluding hydrogens is 410 g/mol. The molecule has 0 saturated carbocycles. The molecule has 1 amide bonds. The molecule has 1 aromatic heterocycles. The molecule has 0 aliphatic carbocycles. The number of hydrogen-bond donors (Lipinski definition) is 0. The number of hydrogen-bond acceptors (Lipinski definition) is 5. The van der Waals surface area contributed by atoms with Gasteiger partial charge in [0, 0.05) is 17.2 Å². The van der Waals surface area contributed by atoms with E-state index in [1.54, 1.807) is 24.0 Å². The Morgan fingerprint density at radius 1 is 1.06 bits per heavy atom. The van der Waals surface area contributed by atoms with Crippen LogP contribution in [0.3, 0.4) is 0 Å². The summed E-state index contributed by atoms with van der Waals surface area (Å²) in [6.07, 6.45) is 0.919. The van der Waals surface area contributed by atoms with Crippen LogP contribution in [0.4, 0.5) is 10.8 Å². The molecule has 0 saturated heterocycles. The Hall–Kier alpha value is -3.58. The minimum atomic E-state index is -0.461. The first-order valence-electron chi connectivity index (χ1n) is 9.97. The Labute approximate surface area is 183 Å². The van der Waals surface area contributed by atoms with E-state index in [1.165, 1.54) is 23.0 Å². The maximum atomic E-state index is 13.6. The molecule has 156 valence electrons. The third-order valence-corrected chi connectivity index (χ3v) is 6.28. The van der Waals surface area contributed by atoms with E-state index in [9.17, 15) is 14.9 Å². The molecule has 0 spiro atoms. The van der Waals surface area contributed by atoms with E-state index >= 15 is 0 Å². The van der Waals surface area contributed by atoms with Crippen LogP contribution in [0, 0.1) is 17.0 Å². The summed E-state index contributed by atoms with van der Waals surface area (Å²) in [5.74, 6) is -0.306. The highest BCUT2D eigenvalue weighted by Gasteiger charge is 2.26. The molecule has 4 aromatic rings. The van der Waals surface area contributed by atoms with E-state index in [-0.39, 0.29) is 11.6 Å². The fraction of sp³-hybridized carbons (Fsp3) is 0.167. The standard InChI is InChI=1S/C24H21N3O3S/c1-3-17-12-13-20-22(14-17)31-24(25-20)26(15-18-8-5-4-6-9-18)23(28)19-10-7-11-21(16(19)2)27(29)30/h4-14H,3,15H2,1-2H3. The molecule has 0 N–H and O–H groups in total. The van der Waals surface area contributed by atoms with Gasteiger partial charge in [0.05, 0.1) is 21.7 Å². The van der Waals surface area contributed by atoms with Crippen LogP contribution in [0.15, 0.2) is 66.7 Å². The number of aromatic nitrogens is 1. The van der Waals surface area contributed by atoms with Crippen molar-refractivity contribution in [3.63, 3.8) is 0 Å². The van der Waals surface area contributed by atoms with Gasteiger partial charge in [-0.1, -0.05) is 60.7 Å². The van der Waals surface area contributed by atoms with E-state index in [0.29, 0.717) is 22.8 Å². The Balaban J connectivity index is 1.81.